The predicted octanol–water partition coefficient (Wildman–Crippen LogP) is 2.60. The van der Waals surface area contributed by atoms with Crippen LogP contribution in [0, 0.1) is 0 Å². The van der Waals surface area contributed by atoms with Gasteiger partial charge in [-0.05, 0) is 0 Å². The zero-order chi connectivity index (χ0) is 16.0. The smallest absolute Gasteiger partial charge is 0.411 e. The molecule has 0 aromatic carbocycles. The first kappa shape index (κ1) is 26.6. The van der Waals surface area contributed by atoms with Crippen molar-refractivity contribution < 1.29 is 0 Å². The fourth-order valence-corrected chi connectivity index (χ4v) is 1.67. The van der Waals surface area contributed by atoms with Crippen molar-refractivity contribution in [2.24, 2.45) is 0 Å². The molecule has 0 aromatic heterocycles. The van der Waals surface area contributed by atoms with Crippen molar-refractivity contribution in [3.8, 4) is 0 Å². The van der Waals surface area contributed by atoms with E-state index in [0.29, 0.717) is 34.8 Å². The summed E-state index contributed by atoms with van der Waals surface area (Å²) in [4.78, 5) is 3.68. The van der Waals surface area contributed by atoms with Gasteiger partial charge in [-0.15, -0.1) is 26.3 Å². The zero-order valence-electron chi connectivity index (χ0n) is 12.2. The Morgan fingerprint density at radius 2 is 0.905 bits per heavy atom. The largest absolute Gasteiger partial charge is 2.00 e. The van der Waals surface area contributed by atoms with Crippen molar-refractivity contribution >= 4 is 107 Å². The van der Waals surface area contributed by atoms with Gasteiger partial charge in [-0.3, -0.25) is 0 Å². The van der Waals surface area contributed by atoms with Crippen molar-refractivity contribution in [3.63, 3.8) is 0 Å². The van der Waals surface area contributed by atoms with E-state index < -0.39 is 0 Å². The predicted molar refractivity (Wildman–Crippen MR) is 110 cm³/mol. The van der Waals surface area contributed by atoms with E-state index in [0.717, 1.165) is 0 Å². The third kappa shape index (κ3) is 16.9. The van der Waals surface area contributed by atoms with E-state index >= 15 is 0 Å². The molecule has 0 aromatic rings. The second-order valence-electron chi connectivity index (χ2n) is 3.50. The maximum absolute atomic E-state index is 4.79. The molecule has 0 saturated carbocycles. The average Bonchev–Trinajstić information content (AvgIpc) is 2.38. The van der Waals surface area contributed by atoms with E-state index in [1.807, 2.05) is 9.80 Å². The Hall–Kier alpha value is 0.751. The molecule has 0 unspecified atom stereocenters. The molecular weight excluding hydrogens is 462 g/mol. The number of hydrogen-bond acceptors (Lipinski definition) is 4. The van der Waals surface area contributed by atoms with Crippen LogP contribution in [0.15, 0.2) is 50.6 Å². The molecule has 7 heteroatoms. The Bertz CT molecular complexity index is 305. The molecule has 0 fully saturated rings. The fourth-order valence-electron chi connectivity index (χ4n) is 1.07. The average molecular weight is 482 g/mol. The Morgan fingerprint density at radius 3 is 1.00 bits per heavy atom. The summed E-state index contributed by atoms with van der Waals surface area (Å²) < 4.78 is 0.944. The third-order valence-electron chi connectivity index (χ3n) is 1.91. The summed E-state index contributed by atoms with van der Waals surface area (Å²) >= 11 is 19.2. The monoisotopic (exact) mass is 482 g/mol. The molecule has 112 valence electrons. The van der Waals surface area contributed by atoms with E-state index in [9.17, 15) is 0 Å². The van der Waals surface area contributed by atoms with Crippen molar-refractivity contribution in [1.82, 2.24) is 9.80 Å². The first-order valence-electron chi connectivity index (χ1n) is 5.79. The van der Waals surface area contributed by atoms with Crippen LogP contribution >= 0.6 is 24.4 Å². The summed E-state index contributed by atoms with van der Waals surface area (Å²) in [6, 6.07) is 0. The molecular formula is C14H20BaN2S4. The van der Waals surface area contributed by atoms with Crippen LogP contribution in [0.1, 0.15) is 0 Å². The van der Waals surface area contributed by atoms with Crippen molar-refractivity contribution in [2.45, 2.75) is 0 Å². The van der Waals surface area contributed by atoms with Gasteiger partial charge in [-0.1, -0.05) is 32.9 Å². The van der Waals surface area contributed by atoms with Gasteiger partial charge in [0.25, 0.3) is 0 Å². The maximum Gasteiger partial charge on any atom is 2.00 e. The molecule has 0 bridgehead atoms. The molecule has 0 aliphatic carbocycles. The normalized spacial score (nSPS) is 8.00. The van der Waals surface area contributed by atoms with E-state index in [1.165, 1.54) is 0 Å². The molecule has 0 atom stereocenters. The van der Waals surface area contributed by atoms with Crippen molar-refractivity contribution in [2.75, 3.05) is 26.2 Å². The number of thiocarbonyl (C=S) groups is 2. The Labute approximate surface area is 191 Å². The van der Waals surface area contributed by atoms with Crippen LogP contribution in [0.2, 0.25) is 0 Å². The standard InChI is InChI=1S/2C7H11NS2.Ba/c2*1-3-5-8(6-4-2)7(9)10;/h2*3-4H,1-2,5-6H2,(H,9,10);/q;;+2/p-2. The van der Waals surface area contributed by atoms with Gasteiger partial charge in [0.15, 0.2) is 0 Å². The summed E-state index contributed by atoms with van der Waals surface area (Å²) in [5.41, 5.74) is 0. The molecule has 0 radical (unpaired) electrons. The molecule has 0 heterocycles. The molecule has 0 N–H and O–H groups in total. The minimum Gasteiger partial charge on any atom is -0.411 e. The molecule has 0 saturated heterocycles. The van der Waals surface area contributed by atoms with Gasteiger partial charge < -0.3 is 59.5 Å². The summed E-state index contributed by atoms with van der Waals surface area (Å²) in [5, 5.41) is 0. The van der Waals surface area contributed by atoms with Crippen LogP contribution in [0.3, 0.4) is 0 Å². The molecule has 0 aliphatic rings. The number of rotatable bonds is 8. The second kappa shape index (κ2) is 18.8. The van der Waals surface area contributed by atoms with Gasteiger partial charge in [-0.2, -0.15) is 0 Å². The van der Waals surface area contributed by atoms with Gasteiger partial charge in [0.05, 0.1) is 0 Å². The van der Waals surface area contributed by atoms with Gasteiger partial charge in [-0.25, -0.2) is 0 Å². The zero-order valence-corrected chi connectivity index (χ0v) is 19.9. The fraction of sp³-hybridized carbons (Fsp3) is 0.286. The molecule has 0 aliphatic heterocycles. The van der Waals surface area contributed by atoms with Crippen LogP contribution in [0.5, 0.6) is 0 Å². The Balaban J connectivity index is -0.000000295. The van der Waals surface area contributed by atoms with Crippen LogP contribution < -0.4 is 0 Å². The summed E-state index contributed by atoms with van der Waals surface area (Å²) in [7, 11) is 0. The van der Waals surface area contributed by atoms with Gasteiger partial charge in [0, 0.05) is 26.2 Å². The van der Waals surface area contributed by atoms with Crippen LogP contribution in [0.4, 0.5) is 0 Å². The van der Waals surface area contributed by atoms with Gasteiger partial charge in [0.2, 0.25) is 0 Å². The molecule has 0 spiro atoms. The van der Waals surface area contributed by atoms with Gasteiger partial charge in [0.1, 0.15) is 0 Å². The van der Waals surface area contributed by atoms with Crippen LogP contribution in [-0.4, -0.2) is 93.5 Å². The SMILES string of the molecule is C=CCN(CC=C)C(=S)[S-].C=CCN(CC=C)C(=S)[S-].[Ba+2]. The minimum absolute atomic E-state index is 0. The number of hydrogen-bond donors (Lipinski definition) is 0. The topological polar surface area (TPSA) is 6.48 Å². The van der Waals surface area contributed by atoms with Crippen LogP contribution in [0.25, 0.3) is 0 Å². The summed E-state index contributed by atoms with van der Waals surface area (Å²) in [6.07, 6.45) is 7.06. The van der Waals surface area contributed by atoms with Crippen molar-refractivity contribution in [1.29, 1.82) is 0 Å². The summed E-state index contributed by atoms with van der Waals surface area (Å²) in [6.45, 7) is 17.1. The minimum atomic E-state index is 0. The van der Waals surface area contributed by atoms with E-state index in [1.54, 1.807) is 24.3 Å². The van der Waals surface area contributed by atoms with Gasteiger partial charge >= 0.3 is 48.9 Å². The maximum atomic E-state index is 4.79. The summed E-state index contributed by atoms with van der Waals surface area (Å²) in [5.74, 6) is 0. The van der Waals surface area contributed by atoms with E-state index in [-0.39, 0.29) is 48.9 Å². The molecule has 21 heavy (non-hydrogen) atoms. The molecule has 0 rings (SSSR count). The first-order valence-corrected chi connectivity index (χ1v) is 7.43. The quantitative estimate of drug-likeness (QED) is 0.226. The van der Waals surface area contributed by atoms with Crippen molar-refractivity contribution in [3.05, 3.63) is 50.6 Å². The third-order valence-corrected chi connectivity index (χ3v) is 2.95. The number of nitrogens with zero attached hydrogens (tertiary/aromatic N) is 2. The van der Waals surface area contributed by atoms with Crippen LogP contribution in [-0.2, 0) is 25.3 Å². The first-order chi connectivity index (χ1) is 9.44. The van der Waals surface area contributed by atoms with E-state index in [2.05, 4.69) is 26.3 Å². The van der Waals surface area contributed by atoms with E-state index in [4.69, 9.17) is 49.7 Å². The molecule has 0 amide bonds. The Kier molecular flexibility index (Phi) is 23.8. The Morgan fingerprint density at radius 1 is 0.714 bits per heavy atom. The second-order valence-corrected chi connectivity index (χ2v) is 5.56. The molecule has 2 nitrogen and oxygen atoms in total.